The fourth-order valence-corrected chi connectivity index (χ4v) is 2.49. The molecule has 0 atom stereocenters. The minimum absolute atomic E-state index is 0.223. The number of nitriles is 1. The number of carbonyl (C=O) groups is 1. The van der Waals surface area contributed by atoms with E-state index in [1.54, 1.807) is 37.3 Å². The van der Waals surface area contributed by atoms with Crippen LogP contribution in [0.15, 0.2) is 54.6 Å². The van der Waals surface area contributed by atoms with Gasteiger partial charge in [-0.15, -0.1) is 0 Å². The van der Waals surface area contributed by atoms with Crippen LogP contribution < -0.4 is 10.6 Å². The first kappa shape index (κ1) is 17.1. The topological polar surface area (TPSA) is 90.7 Å². The quantitative estimate of drug-likeness (QED) is 0.748. The third-order valence-electron chi connectivity index (χ3n) is 3.66. The third kappa shape index (κ3) is 4.02. The number of benzene rings is 2. The summed E-state index contributed by atoms with van der Waals surface area (Å²) in [6, 6.07) is 18.3. The van der Waals surface area contributed by atoms with Gasteiger partial charge in [0.25, 0.3) is 5.91 Å². The Morgan fingerprint density at radius 1 is 1.04 bits per heavy atom. The van der Waals surface area contributed by atoms with E-state index in [4.69, 9.17) is 5.26 Å². The first-order chi connectivity index (χ1) is 12.5. The molecule has 2 N–H and O–H groups in total. The Morgan fingerprint density at radius 2 is 1.85 bits per heavy atom. The van der Waals surface area contributed by atoms with Crippen LogP contribution in [0, 0.1) is 25.2 Å². The second-order valence-corrected chi connectivity index (χ2v) is 5.79. The van der Waals surface area contributed by atoms with Gasteiger partial charge < -0.3 is 10.6 Å². The van der Waals surface area contributed by atoms with Crippen LogP contribution >= 0.6 is 0 Å². The second-order valence-electron chi connectivity index (χ2n) is 5.79. The molecule has 0 fully saturated rings. The number of amides is 1. The van der Waals surface area contributed by atoms with Gasteiger partial charge in [-0.25, -0.2) is 9.97 Å². The molecule has 1 amide bonds. The van der Waals surface area contributed by atoms with Gasteiger partial charge in [-0.1, -0.05) is 24.3 Å². The summed E-state index contributed by atoms with van der Waals surface area (Å²) in [4.78, 5) is 21.1. The van der Waals surface area contributed by atoms with Crippen molar-refractivity contribution in [1.82, 2.24) is 9.97 Å². The fraction of sp³-hybridized carbons (Fsp3) is 0.100. The number of carbonyl (C=O) groups excluding carboxylic acids is 1. The van der Waals surface area contributed by atoms with Crippen LogP contribution in [0.5, 0.6) is 0 Å². The summed E-state index contributed by atoms with van der Waals surface area (Å²) < 4.78 is 0. The highest BCUT2D eigenvalue weighted by molar-refractivity contribution is 6.04. The number of nitrogens with zero attached hydrogens (tertiary/aromatic N) is 3. The lowest BCUT2D eigenvalue weighted by Gasteiger charge is -2.10. The average molecular weight is 343 g/mol. The molecule has 6 heteroatoms. The van der Waals surface area contributed by atoms with E-state index in [0.717, 1.165) is 11.3 Å². The molecule has 0 aliphatic heterocycles. The number of hydrogen-bond acceptors (Lipinski definition) is 5. The van der Waals surface area contributed by atoms with Gasteiger partial charge in [-0.3, -0.25) is 4.79 Å². The van der Waals surface area contributed by atoms with E-state index in [2.05, 4.69) is 26.7 Å². The second kappa shape index (κ2) is 7.45. The van der Waals surface area contributed by atoms with Crippen molar-refractivity contribution < 1.29 is 4.79 Å². The Morgan fingerprint density at radius 3 is 2.62 bits per heavy atom. The van der Waals surface area contributed by atoms with Gasteiger partial charge in [0.05, 0.1) is 11.3 Å². The number of aromatic nitrogens is 2. The van der Waals surface area contributed by atoms with Gasteiger partial charge in [0.1, 0.15) is 23.4 Å². The standard InChI is InChI=1S/C20H17N5O/c1-13-6-5-8-16(10-13)24-19-11-18(22-14(2)23-19)20(26)25-17-9-4-3-7-15(17)12-21/h3-11H,1-2H3,(H,25,26)(H,22,23,24). The first-order valence-electron chi connectivity index (χ1n) is 8.05. The van der Waals surface area contributed by atoms with Gasteiger partial charge in [-0.05, 0) is 43.7 Å². The third-order valence-corrected chi connectivity index (χ3v) is 3.66. The summed E-state index contributed by atoms with van der Waals surface area (Å²) in [5.74, 6) is 0.605. The molecule has 0 saturated carbocycles. The number of para-hydroxylation sites is 1. The normalized spacial score (nSPS) is 10.0. The summed E-state index contributed by atoms with van der Waals surface area (Å²) in [6.07, 6.45) is 0. The molecule has 3 rings (SSSR count). The molecule has 1 aromatic heterocycles. The van der Waals surface area contributed by atoms with Gasteiger partial charge in [0, 0.05) is 11.8 Å². The van der Waals surface area contributed by atoms with E-state index in [0.29, 0.717) is 22.9 Å². The van der Waals surface area contributed by atoms with E-state index in [1.165, 1.54) is 0 Å². The number of anilines is 3. The predicted octanol–water partition coefficient (Wildman–Crippen LogP) is 3.96. The lowest BCUT2D eigenvalue weighted by atomic mass is 10.2. The zero-order valence-corrected chi connectivity index (χ0v) is 14.4. The smallest absolute Gasteiger partial charge is 0.274 e. The molecule has 2 aromatic carbocycles. The average Bonchev–Trinajstić information content (AvgIpc) is 2.61. The molecule has 0 spiro atoms. The zero-order valence-electron chi connectivity index (χ0n) is 14.4. The molecule has 0 saturated heterocycles. The lowest BCUT2D eigenvalue weighted by Crippen LogP contribution is -2.16. The minimum Gasteiger partial charge on any atom is -0.340 e. The molecular formula is C20H17N5O. The van der Waals surface area contributed by atoms with Crippen molar-refractivity contribution in [1.29, 1.82) is 5.26 Å². The lowest BCUT2D eigenvalue weighted by molar-refractivity contribution is 0.102. The first-order valence-corrected chi connectivity index (χ1v) is 8.05. The van der Waals surface area contributed by atoms with Gasteiger partial charge in [0.15, 0.2) is 0 Å². The molecule has 0 radical (unpaired) electrons. The maximum absolute atomic E-state index is 12.6. The highest BCUT2D eigenvalue weighted by Crippen LogP contribution is 2.18. The van der Waals surface area contributed by atoms with E-state index in [-0.39, 0.29) is 5.69 Å². The van der Waals surface area contributed by atoms with E-state index in [9.17, 15) is 4.79 Å². The Bertz CT molecular complexity index is 1010. The SMILES string of the molecule is Cc1cccc(Nc2cc(C(=O)Nc3ccccc3C#N)nc(C)n2)c1. The van der Waals surface area contributed by atoms with Crippen LogP contribution in [-0.2, 0) is 0 Å². The number of rotatable bonds is 4. The van der Waals surface area contributed by atoms with Crippen molar-refractivity contribution in [3.63, 3.8) is 0 Å². The Hall–Kier alpha value is -3.72. The summed E-state index contributed by atoms with van der Waals surface area (Å²) in [5, 5.41) is 15.0. The molecule has 1 heterocycles. The molecule has 0 aliphatic carbocycles. The summed E-state index contributed by atoms with van der Waals surface area (Å²) >= 11 is 0. The van der Waals surface area contributed by atoms with Crippen molar-refractivity contribution in [2.45, 2.75) is 13.8 Å². The molecule has 0 unspecified atom stereocenters. The van der Waals surface area contributed by atoms with Crippen LogP contribution in [0.2, 0.25) is 0 Å². The molecule has 6 nitrogen and oxygen atoms in total. The van der Waals surface area contributed by atoms with Gasteiger partial charge >= 0.3 is 0 Å². The molecule has 0 bridgehead atoms. The largest absolute Gasteiger partial charge is 0.340 e. The molecule has 3 aromatic rings. The number of nitrogens with one attached hydrogen (secondary N) is 2. The molecule has 26 heavy (non-hydrogen) atoms. The Kier molecular flexibility index (Phi) is 4.90. The van der Waals surface area contributed by atoms with Crippen molar-refractivity contribution in [3.8, 4) is 6.07 Å². The summed E-state index contributed by atoms with van der Waals surface area (Å²) in [7, 11) is 0. The van der Waals surface area contributed by atoms with Crippen LogP contribution in [-0.4, -0.2) is 15.9 Å². The maximum atomic E-state index is 12.6. The molecule has 128 valence electrons. The van der Waals surface area contributed by atoms with Gasteiger partial charge in [-0.2, -0.15) is 5.26 Å². The van der Waals surface area contributed by atoms with E-state index >= 15 is 0 Å². The summed E-state index contributed by atoms with van der Waals surface area (Å²) in [5.41, 5.74) is 3.06. The van der Waals surface area contributed by atoms with Crippen LogP contribution in [0.3, 0.4) is 0 Å². The molecule has 0 aliphatic rings. The fourth-order valence-electron chi connectivity index (χ4n) is 2.49. The Labute approximate surface area is 151 Å². The van der Waals surface area contributed by atoms with Crippen molar-refractivity contribution >= 4 is 23.1 Å². The number of hydrogen-bond donors (Lipinski definition) is 2. The van der Waals surface area contributed by atoms with Crippen LogP contribution in [0.4, 0.5) is 17.2 Å². The van der Waals surface area contributed by atoms with Crippen LogP contribution in [0.1, 0.15) is 27.4 Å². The summed E-state index contributed by atoms with van der Waals surface area (Å²) in [6.45, 7) is 3.73. The monoisotopic (exact) mass is 343 g/mol. The minimum atomic E-state index is -0.398. The number of aryl methyl sites for hydroxylation is 2. The van der Waals surface area contributed by atoms with Gasteiger partial charge in [0.2, 0.25) is 0 Å². The highest BCUT2D eigenvalue weighted by Gasteiger charge is 2.13. The predicted molar refractivity (Wildman–Crippen MR) is 100 cm³/mol. The van der Waals surface area contributed by atoms with Crippen molar-refractivity contribution in [3.05, 3.63) is 77.2 Å². The van der Waals surface area contributed by atoms with E-state index < -0.39 is 5.91 Å². The van der Waals surface area contributed by atoms with Crippen molar-refractivity contribution in [2.24, 2.45) is 0 Å². The highest BCUT2D eigenvalue weighted by atomic mass is 16.1. The van der Waals surface area contributed by atoms with E-state index in [1.807, 2.05) is 31.2 Å². The van der Waals surface area contributed by atoms with Crippen molar-refractivity contribution in [2.75, 3.05) is 10.6 Å². The van der Waals surface area contributed by atoms with Crippen LogP contribution in [0.25, 0.3) is 0 Å². The molecular weight excluding hydrogens is 326 g/mol. The maximum Gasteiger partial charge on any atom is 0.274 e. The zero-order chi connectivity index (χ0) is 18.5. The Balaban J connectivity index is 1.85.